The average Bonchev–Trinajstić information content (AvgIpc) is 2.83. The van der Waals surface area contributed by atoms with Crippen LogP contribution in [0.25, 0.3) is 0 Å². The van der Waals surface area contributed by atoms with Crippen LogP contribution < -0.4 is 5.32 Å². The summed E-state index contributed by atoms with van der Waals surface area (Å²) in [7, 11) is 0. The van der Waals surface area contributed by atoms with Crippen molar-refractivity contribution in [2.75, 3.05) is 12.0 Å². The summed E-state index contributed by atoms with van der Waals surface area (Å²) in [5.41, 5.74) is 1.51. The molecule has 0 radical (unpaired) electrons. The van der Waals surface area contributed by atoms with Crippen molar-refractivity contribution in [3.8, 4) is 0 Å². The van der Waals surface area contributed by atoms with Gasteiger partial charge in [0.2, 0.25) is 0 Å². The molecule has 0 spiro atoms. The molecule has 1 aliphatic rings. The normalized spacial score (nSPS) is 19.1. The number of aryl methyl sites for hydroxylation is 2. The van der Waals surface area contributed by atoms with Crippen molar-refractivity contribution in [2.24, 2.45) is 0 Å². The van der Waals surface area contributed by atoms with Crippen LogP contribution in [0.15, 0.2) is 4.52 Å². The molecule has 1 saturated heterocycles. The second kappa shape index (κ2) is 5.64. The highest BCUT2D eigenvalue weighted by Crippen LogP contribution is 2.19. The Morgan fingerprint density at radius 3 is 2.74 bits per heavy atom. The lowest BCUT2D eigenvalue weighted by atomic mass is 10.2. The summed E-state index contributed by atoms with van der Waals surface area (Å²) in [5, 5.41) is 6.54. The van der Waals surface area contributed by atoms with E-state index in [2.05, 4.69) is 10.5 Å². The Kier molecular flexibility index (Phi) is 4.14. The second-order valence-corrected chi connectivity index (χ2v) is 5.50. The maximum Gasteiger partial charge on any atom is 0.325 e. The number of amides is 3. The van der Waals surface area contributed by atoms with Gasteiger partial charge in [-0.25, -0.2) is 4.79 Å². The molecular formula is C12H17N3O3S. The zero-order valence-electron chi connectivity index (χ0n) is 11.2. The highest BCUT2D eigenvalue weighted by Gasteiger charge is 2.38. The van der Waals surface area contributed by atoms with E-state index in [9.17, 15) is 9.59 Å². The van der Waals surface area contributed by atoms with E-state index in [1.54, 1.807) is 25.6 Å². The second-order valence-electron chi connectivity index (χ2n) is 4.51. The fourth-order valence-electron chi connectivity index (χ4n) is 2.04. The Hall–Kier alpha value is -1.50. The number of imide groups is 1. The van der Waals surface area contributed by atoms with Gasteiger partial charge in [-0.1, -0.05) is 5.16 Å². The summed E-state index contributed by atoms with van der Waals surface area (Å²) < 4.78 is 5.04. The van der Waals surface area contributed by atoms with Crippen molar-refractivity contribution in [1.29, 1.82) is 0 Å². The summed E-state index contributed by atoms with van der Waals surface area (Å²) in [5.74, 6) is 1.32. The molecule has 0 aromatic carbocycles. The Labute approximate surface area is 115 Å². The van der Waals surface area contributed by atoms with Gasteiger partial charge in [-0.15, -0.1) is 0 Å². The third-order valence-electron chi connectivity index (χ3n) is 3.22. The number of aromatic nitrogens is 1. The van der Waals surface area contributed by atoms with Crippen molar-refractivity contribution >= 4 is 23.7 Å². The first-order valence-electron chi connectivity index (χ1n) is 6.07. The van der Waals surface area contributed by atoms with Crippen molar-refractivity contribution in [2.45, 2.75) is 32.9 Å². The van der Waals surface area contributed by atoms with Crippen molar-refractivity contribution in [3.63, 3.8) is 0 Å². The van der Waals surface area contributed by atoms with Crippen LogP contribution in [-0.2, 0) is 11.3 Å². The predicted octanol–water partition coefficient (Wildman–Crippen LogP) is 1.46. The van der Waals surface area contributed by atoms with Crippen LogP contribution in [-0.4, -0.2) is 40.0 Å². The number of hydrogen-bond donors (Lipinski definition) is 1. The van der Waals surface area contributed by atoms with Gasteiger partial charge in [0.25, 0.3) is 5.91 Å². The summed E-state index contributed by atoms with van der Waals surface area (Å²) in [6, 6.07) is -0.739. The molecule has 3 amide bonds. The van der Waals surface area contributed by atoms with Gasteiger partial charge in [-0.3, -0.25) is 9.69 Å². The van der Waals surface area contributed by atoms with E-state index < -0.39 is 6.04 Å². The first-order valence-corrected chi connectivity index (χ1v) is 7.46. The molecular weight excluding hydrogens is 266 g/mol. The van der Waals surface area contributed by atoms with Crippen molar-refractivity contribution < 1.29 is 14.1 Å². The van der Waals surface area contributed by atoms with E-state index >= 15 is 0 Å². The van der Waals surface area contributed by atoms with Gasteiger partial charge < -0.3 is 9.84 Å². The number of rotatable bonds is 5. The minimum absolute atomic E-state index is 0.168. The largest absolute Gasteiger partial charge is 0.361 e. The number of nitrogens with one attached hydrogen (secondary N) is 1. The highest BCUT2D eigenvalue weighted by atomic mass is 32.2. The van der Waals surface area contributed by atoms with Crippen LogP contribution in [0.3, 0.4) is 0 Å². The van der Waals surface area contributed by atoms with Gasteiger partial charge in [0.05, 0.1) is 12.2 Å². The molecule has 0 bridgehead atoms. The highest BCUT2D eigenvalue weighted by molar-refractivity contribution is 7.98. The predicted molar refractivity (Wildman–Crippen MR) is 71.8 cm³/mol. The van der Waals surface area contributed by atoms with Crippen molar-refractivity contribution in [1.82, 2.24) is 15.4 Å². The SMILES string of the molecule is CSCC[C@@H]1NC(=O)N(Cc2c(C)noc2C)C1=O. The lowest BCUT2D eigenvalue weighted by Gasteiger charge is -2.12. The van der Waals surface area contributed by atoms with Crippen LogP contribution in [0.2, 0.25) is 0 Å². The summed E-state index contributed by atoms with van der Waals surface area (Å²) in [6.07, 6.45) is 2.63. The van der Waals surface area contributed by atoms with E-state index in [0.29, 0.717) is 17.9 Å². The summed E-state index contributed by atoms with van der Waals surface area (Å²) in [4.78, 5) is 25.2. The molecule has 0 unspecified atom stereocenters. The minimum atomic E-state index is -0.402. The standard InChI is InChI=1S/C12H17N3O3S/c1-7-9(8(2)18-14-7)6-15-11(16)10(4-5-19-3)13-12(15)17/h10H,4-6H2,1-3H3,(H,13,17)/t10-/m0/s1. The van der Waals surface area contributed by atoms with E-state index in [0.717, 1.165) is 11.3 Å². The number of carbonyl (C=O) groups excluding carboxylic acids is 2. The first kappa shape index (κ1) is 13.9. The number of hydrogen-bond acceptors (Lipinski definition) is 5. The minimum Gasteiger partial charge on any atom is -0.361 e. The Morgan fingerprint density at radius 2 is 2.16 bits per heavy atom. The molecule has 6 nitrogen and oxygen atoms in total. The molecule has 104 valence electrons. The van der Waals surface area contributed by atoms with Crippen molar-refractivity contribution in [3.05, 3.63) is 17.0 Å². The molecule has 1 atom stereocenters. The van der Waals surface area contributed by atoms with Gasteiger partial charge in [0, 0.05) is 5.56 Å². The molecule has 2 heterocycles. The molecule has 7 heteroatoms. The Morgan fingerprint density at radius 1 is 1.42 bits per heavy atom. The van der Waals surface area contributed by atoms with Crippen LogP contribution >= 0.6 is 11.8 Å². The quantitative estimate of drug-likeness (QED) is 0.828. The molecule has 1 aromatic rings. The smallest absolute Gasteiger partial charge is 0.325 e. The molecule has 1 aromatic heterocycles. The van der Waals surface area contributed by atoms with Crippen LogP contribution in [0.4, 0.5) is 4.79 Å². The Bertz CT molecular complexity index is 481. The topological polar surface area (TPSA) is 75.4 Å². The van der Waals surface area contributed by atoms with Gasteiger partial charge in [-0.2, -0.15) is 11.8 Å². The fraction of sp³-hybridized carbons (Fsp3) is 0.583. The monoisotopic (exact) mass is 283 g/mol. The van der Waals surface area contributed by atoms with E-state index in [-0.39, 0.29) is 18.5 Å². The fourth-order valence-corrected chi connectivity index (χ4v) is 2.52. The third kappa shape index (κ3) is 2.75. The first-order chi connectivity index (χ1) is 9.04. The lowest BCUT2D eigenvalue weighted by molar-refractivity contribution is -0.127. The van der Waals surface area contributed by atoms with Gasteiger partial charge in [0.1, 0.15) is 11.8 Å². The van der Waals surface area contributed by atoms with Crippen LogP contribution in [0.5, 0.6) is 0 Å². The van der Waals surface area contributed by atoms with E-state index in [4.69, 9.17) is 4.52 Å². The summed E-state index contributed by atoms with van der Waals surface area (Å²) >= 11 is 1.66. The third-order valence-corrected chi connectivity index (χ3v) is 3.86. The van der Waals surface area contributed by atoms with Gasteiger partial charge >= 0.3 is 6.03 Å². The van der Waals surface area contributed by atoms with Gasteiger partial charge in [-0.05, 0) is 32.3 Å². The number of carbonyl (C=O) groups is 2. The van der Waals surface area contributed by atoms with Crippen LogP contribution in [0.1, 0.15) is 23.4 Å². The Balaban J connectivity index is 2.09. The number of urea groups is 1. The lowest BCUT2D eigenvalue weighted by Crippen LogP contribution is -2.31. The zero-order chi connectivity index (χ0) is 14.0. The maximum absolute atomic E-state index is 12.2. The van der Waals surface area contributed by atoms with E-state index in [1.165, 1.54) is 4.90 Å². The van der Waals surface area contributed by atoms with Crippen LogP contribution in [0, 0.1) is 13.8 Å². The average molecular weight is 283 g/mol. The molecule has 19 heavy (non-hydrogen) atoms. The molecule has 1 aliphatic heterocycles. The summed E-state index contributed by atoms with van der Waals surface area (Å²) in [6.45, 7) is 3.80. The molecule has 0 saturated carbocycles. The maximum atomic E-state index is 12.2. The zero-order valence-corrected chi connectivity index (χ0v) is 12.0. The van der Waals surface area contributed by atoms with E-state index in [1.807, 2.05) is 6.26 Å². The van der Waals surface area contributed by atoms with Gasteiger partial charge in [0.15, 0.2) is 0 Å². The molecule has 1 fully saturated rings. The molecule has 1 N–H and O–H groups in total. The molecule has 2 rings (SSSR count). The number of thioether (sulfide) groups is 1. The number of nitrogens with zero attached hydrogens (tertiary/aromatic N) is 2. The molecule has 0 aliphatic carbocycles.